The summed E-state index contributed by atoms with van der Waals surface area (Å²) >= 11 is 0. The van der Waals surface area contributed by atoms with Crippen LogP contribution in [0.1, 0.15) is 27.3 Å². The van der Waals surface area contributed by atoms with Crippen molar-refractivity contribution < 1.29 is 22.4 Å². The minimum absolute atomic E-state index is 0.316. The summed E-state index contributed by atoms with van der Waals surface area (Å²) in [6.45, 7) is 3.22. The van der Waals surface area contributed by atoms with E-state index in [0.717, 1.165) is 0 Å². The number of hydrogen-bond donors (Lipinski definition) is 2. The van der Waals surface area contributed by atoms with Crippen LogP contribution in [0.2, 0.25) is 0 Å². The lowest BCUT2D eigenvalue weighted by atomic mass is 10.1. The van der Waals surface area contributed by atoms with Crippen molar-refractivity contribution in [2.24, 2.45) is 0 Å². The largest absolute Gasteiger partial charge is 0.416 e. The number of H-pyrrole nitrogens is 1. The number of amides is 1. The number of alkyl halides is 3. The molecule has 0 saturated heterocycles. The normalized spacial score (nSPS) is 11.5. The van der Waals surface area contributed by atoms with Crippen LogP contribution in [-0.4, -0.2) is 16.1 Å². The van der Waals surface area contributed by atoms with E-state index in [9.17, 15) is 22.4 Å². The van der Waals surface area contributed by atoms with Gasteiger partial charge in [0.2, 0.25) is 0 Å². The van der Waals surface area contributed by atoms with Crippen LogP contribution in [-0.2, 0) is 6.18 Å². The number of hydrogen-bond acceptors (Lipinski definition) is 2. The average Bonchev–Trinajstić information content (AvgIpc) is 2.69. The molecule has 1 heterocycles. The molecule has 0 aliphatic carbocycles. The van der Waals surface area contributed by atoms with Crippen LogP contribution in [0, 0.1) is 19.7 Å². The number of nitrogens with one attached hydrogen (secondary N) is 2. The molecule has 1 amide bonds. The molecule has 0 unspecified atom stereocenters. The van der Waals surface area contributed by atoms with Gasteiger partial charge in [-0.05, 0) is 32.0 Å². The lowest BCUT2D eigenvalue weighted by Crippen LogP contribution is -2.16. The van der Waals surface area contributed by atoms with Crippen LogP contribution in [0.4, 0.5) is 23.2 Å². The number of aromatic nitrogens is 2. The molecular formula is C13H11F4N3O. The number of carbonyl (C=O) groups excluding carboxylic acids is 1. The molecule has 1 aromatic carbocycles. The van der Waals surface area contributed by atoms with E-state index in [2.05, 4.69) is 15.5 Å². The first-order valence-electron chi connectivity index (χ1n) is 5.90. The smallest absolute Gasteiger partial charge is 0.319 e. The van der Waals surface area contributed by atoms with Crippen LogP contribution in [0.5, 0.6) is 0 Å². The minimum Gasteiger partial charge on any atom is -0.319 e. The molecule has 2 aromatic rings. The van der Waals surface area contributed by atoms with E-state index in [4.69, 9.17) is 0 Å². The second-order valence-corrected chi connectivity index (χ2v) is 4.46. The molecule has 0 saturated carbocycles. The van der Waals surface area contributed by atoms with Gasteiger partial charge in [0.15, 0.2) is 0 Å². The molecule has 0 radical (unpaired) electrons. The van der Waals surface area contributed by atoms with Crippen molar-refractivity contribution in [3.8, 4) is 0 Å². The Morgan fingerprint density at radius 3 is 2.48 bits per heavy atom. The summed E-state index contributed by atoms with van der Waals surface area (Å²) in [5.41, 5.74) is -0.474. The first-order chi connectivity index (χ1) is 9.70. The Bertz CT molecular complexity index is 672. The van der Waals surface area contributed by atoms with Crippen LogP contribution < -0.4 is 5.32 Å². The van der Waals surface area contributed by atoms with Gasteiger partial charge in [-0.2, -0.15) is 18.3 Å². The molecule has 0 fully saturated rings. The summed E-state index contributed by atoms with van der Waals surface area (Å²) < 4.78 is 51.4. The molecule has 0 spiro atoms. The SMILES string of the molecule is Cc1n[nH]c(C)c1NC(=O)c1cc(C(F)(F)F)ccc1F. The molecule has 2 N–H and O–H groups in total. The standard InChI is InChI=1S/C13H11F4N3O/c1-6-11(7(2)20-19-6)18-12(21)9-5-8(13(15,16)17)3-4-10(9)14/h3-5H,1-2H3,(H,18,21)(H,19,20). The quantitative estimate of drug-likeness (QED) is 0.835. The zero-order valence-corrected chi connectivity index (χ0v) is 11.1. The summed E-state index contributed by atoms with van der Waals surface area (Å²) in [6, 6.07) is 1.68. The molecule has 0 atom stereocenters. The topological polar surface area (TPSA) is 57.8 Å². The first kappa shape index (κ1) is 15.0. The van der Waals surface area contributed by atoms with Gasteiger partial charge in [0, 0.05) is 0 Å². The molecule has 4 nitrogen and oxygen atoms in total. The number of aromatic amines is 1. The summed E-state index contributed by atoms with van der Waals surface area (Å²) in [5.74, 6) is -1.99. The maximum atomic E-state index is 13.6. The Hall–Kier alpha value is -2.38. The number of halogens is 4. The molecule has 1 aromatic heterocycles. The monoisotopic (exact) mass is 301 g/mol. The summed E-state index contributed by atoms with van der Waals surface area (Å²) in [7, 11) is 0. The number of benzene rings is 1. The molecule has 112 valence electrons. The number of nitrogens with zero attached hydrogens (tertiary/aromatic N) is 1. The molecule has 0 aliphatic rings. The summed E-state index contributed by atoms with van der Waals surface area (Å²) in [5, 5.41) is 8.79. The molecule has 8 heteroatoms. The van der Waals surface area contributed by atoms with Gasteiger partial charge in [-0.1, -0.05) is 0 Å². The van der Waals surface area contributed by atoms with Gasteiger partial charge in [-0.25, -0.2) is 4.39 Å². The maximum Gasteiger partial charge on any atom is 0.416 e. The van der Waals surface area contributed by atoms with E-state index < -0.39 is 29.0 Å². The lowest BCUT2D eigenvalue weighted by molar-refractivity contribution is -0.137. The fraction of sp³-hybridized carbons (Fsp3) is 0.231. The third-order valence-electron chi connectivity index (χ3n) is 2.90. The molecule has 21 heavy (non-hydrogen) atoms. The van der Waals surface area contributed by atoms with E-state index in [1.165, 1.54) is 0 Å². The zero-order valence-electron chi connectivity index (χ0n) is 11.1. The molecule has 0 bridgehead atoms. The van der Waals surface area contributed by atoms with Crippen LogP contribution in [0.3, 0.4) is 0 Å². The van der Waals surface area contributed by atoms with Crippen LogP contribution in [0.15, 0.2) is 18.2 Å². The molecule has 2 rings (SSSR count). The van der Waals surface area contributed by atoms with Gasteiger partial charge >= 0.3 is 6.18 Å². The number of carbonyl (C=O) groups is 1. The Balaban J connectivity index is 2.35. The van der Waals surface area contributed by atoms with E-state index >= 15 is 0 Å². The van der Waals surface area contributed by atoms with Crippen molar-refractivity contribution in [1.82, 2.24) is 10.2 Å². The number of rotatable bonds is 2. The Labute approximate surface area is 117 Å². The predicted octanol–water partition coefficient (Wildman–Crippen LogP) is 3.44. The second kappa shape index (κ2) is 5.19. The highest BCUT2D eigenvalue weighted by Crippen LogP contribution is 2.30. The van der Waals surface area contributed by atoms with Crippen molar-refractivity contribution >= 4 is 11.6 Å². The highest BCUT2D eigenvalue weighted by Gasteiger charge is 2.32. The minimum atomic E-state index is -4.65. The van der Waals surface area contributed by atoms with Crippen molar-refractivity contribution in [1.29, 1.82) is 0 Å². The first-order valence-corrected chi connectivity index (χ1v) is 5.90. The van der Waals surface area contributed by atoms with Gasteiger partial charge in [-0.3, -0.25) is 9.89 Å². The van der Waals surface area contributed by atoms with Gasteiger partial charge in [0.05, 0.1) is 28.2 Å². The fourth-order valence-corrected chi connectivity index (χ4v) is 1.79. The van der Waals surface area contributed by atoms with E-state index in [1.54, 1.807) is 13.8 Å². The van der Waals surface area contributed by atoms with Crippen LogP contribution in [0.25, 0.3) is 0 Å². The molecular weight excluding hydrogens is 290 g/mol. The van der Waals surface area contributed by atoms with Gasteiger partial charge in [0.1, 0.15) is 5.82 Å². The number of aryl methyl sites for hydroxylation is 2. The summed E-state index contributed by atoms with van der Waals surface area (Å²) in [6.07, 6.45) is -4.65. The predicted molar refractivity (Wildman–Crippen MR) is 67.4 cm³/mol. The van der Waals surface area contributed by atoms with Crippen molar-refractivity contribution in [3.63, 3.8) is 0 Å². The fourth-order valence-electron chi connectivity index (χ4n) is 1.79. The Kier molecular flexibility index (Phi) is 3.71. The van der Waals surface area contributed by atoms with Crippen LogP contribution >= 0.6 is 0 Å². The summed E-state index contributed by atoms with van der Waals surface area (Å²) in [4.78, 5) is 12.0. The highest BCUT2D eigenvalue weighted by atomic mass is 19.4. The van der Waals surface area contributed by atoms with Gasteiger partial charge < -0.3 is 5.32 Å². The van der Waals surface area contributed by atoms with Crippen molar-refractivity contribution in [2.75, 3.05) is 5.32 Å². The lowest BCUT2D eigenvalue weighted by Gasteiger charge is -2.10. The molecule has 0 aliphatic heterocycles. The third-order valence-corrected chi connectivity index (χ3v) is 2.90. The Morgan fingerprint density at radius 2 is 1.95 bits per heavy atom. The zero-order chi connectivity index (χ0) is 15.8. The van der Waals surface area contributed by atoms with E-state index in [1.807, 2.05) is 0 Å². The van der Waals surface area contributed by atoms with Gasteiger partial charge in [-0.15, -0.1) is 0 Å². The van der Waals surface area contributed by atoms with Crippen molar-refractivity contribution in [2.45, 2.75) is 20.0 Å². The maximum absolute atomic E-state index is 13.6. The van der Waals surface area contributed by atoms with Gasteiger partial charge in [0.25, 0.3) is 5.91 Å². The highest BCUT2D eigenvalue weighted by molar-refractivity contribution is 6.05. The third kappa shape index (κ3) is 3.04. The van der Waals surface area contributed by atoms with Crippen molar-refractivity contribution in [3.05, 3.63) is 46.5 Å². The Morgan fingerprint density at radius 1 is 1.29 bits per heavy atom. The van der Waals surface area contributed by atoms with E-state index in [0.29, 0.717) is 35.3 Å². The second-order valence-electron chi connectivity index (χ2n) is 4.46. The number of anilines is 1. The average molecular weight is 301 g/mol. The van der Waals surface area contributed by atoms with E-state index in [-0.39, 0.29) is 0 Å².